The Morgan fingerprint density at radius 2 is 1.24 bits per heavy atom. The third-order valence-electron chi connectivity index (χ3n) is 11.7. The molecule has 33 heavy (non-hydrogen) atoms. The molecule has 8 aliphatic rings. The number of anilines is 1. The molecule has 0 heterocycles. The Balaban J connectivity index is 1.37. The highest BCUT2D eigenvalue weighted by Gasteiger charge is 2.54. The van der Waals surface area contributed by atoms with Crippen LogP contribution in [0.2, 0.25) is 0 Å². The van der Waals surface area contributed by atoms with Gasteiger partial charge in [-0.1, -0.05) is 24.3 Å². The second kappa shape index (κ2) is 6.79. The lowest BCUT2D eigenvalue weighted by Crippen LogP contribution is -2.49. The van der Waals surface area contributed by atoms with E-state index in [9.17, 15) is 0 Å². The van der Waals surface area contributed by atoms with Gasteiger partial charge in [0.25, 0.3) is 0 Å². The molecule has 8 fully saturated rings. The number of rotatable bonds is 3. The Labute approximate surface area is 200 Å². The van der Waals surface area contributed by atoms with Gasteiger partial charge in [-0.25, -0.2) is 0 Å². The van der Waals surface area contributed by atoms with Gasteiger partial charge in [0.2, 0.25) is 0 Å². The third kappa shape index (κ3) is 2.77. The van der Waals surface area contributed by atoms with E-state index in [4.69, 9.17) is 0 Å². The summed E-state index contributed by atoms with van der Waals surface area (Å²) in [7, 11) is 4.74. The molecule has 1 nitrogen and oxygen atoms in total. The smallest absolute Gasteiger partial charge is 0.0441 e. The van der Waals surface area contributed by atoms with Gasteiger partial charge >= 0.3 is 0 Å². The molecular weight excluding hydrogens is 398 g/mol. The fourth-order valence-electron chi connectivity index (χ4n) is 11.4. The summed E-state index contributed by atoms with van der Waals surface area (Å²) in [5.74, 6) is 7.78. The Hall–Kier alpha value is -1.50. The second-order valence-corrected chi connectivity index (χ2v) is 14.0. The maximum Gasteiger partial charge on any atom is 0.0441 e. The molecule has 1 heteroatoms. The highest BCUT2D eigenvalue weighted by Crippen LogP contribution is 2.65. The standard InChI is InChI=1S/C32H41N/c1-33(2)31-28(32-16-21-8-22(17-32)10-23(9-21)18-32)15-24-5-3-4-6-27(24)30(31)29-25-11-19-7-20(13-25)14-26(29)12-19/h3-6,15,19-23,25-26,29H,7-14,16-18H2,1-2H3. The summed E-state index contributed by atoms with van der Waals surface area (Å²) in [6.07, 6.45) is 16.6. The van der Waals surface area contributed by atoms with Crippen molar-refractivity contribution in [2.75, 3.05) is 19.0 Å². The maximum absolute atomic E-state index is 2.69. The molecule has 2 aromatic carbocycles. The van der Waals surface area contributed by atoms with Crippen LogP contribution in [0.15, 0.2) is 30.3 Å². The van der Waals surface area contributed by atoms with E-state index < -0.39 is 0 Å². The van der Waals surface area contributed by atoms with E-state index in [1.807, 2.05) is 0 Å². The molecule has 0 N–H and O–H groups in total. The van der Waals surface area contributed by atoms with E-state index >= 15 is 0 Å². The maximum atomic E-state index is 2.69. The lowest BCUT2D eigenvalue weighted by atomic mass is 9.47. The summed E-state index contributed by atoms with van der Waals surface area (Å²) in [6, 6.07) is 12.2. The van der Waals surface area contributed by atoms with Crippen molar-refractivity contribution >= 4 is 16.5 Å². The molecule has 0 saturated heterocycles. The summed E-state index contributed by atoms with van der Waals surface area (Å²) in [4.78, 5) is 2.57. The van der Waals surface area contributed by atoms with Gasteiger partial charge in [-0.2, -0.15) is 0 Å². The molecule has 10 rings (SSSR count). The zero-order valence-electron chi connectivity index (χ0n) is 20.7. The van der Waals surface area contributed by atoms with Crippen molar-refractivity contribution in [2.45, 2.75) is 82.0 Å². The first kappa shape index (κ1) is 19.8. The van der Waals surface area contributed by atoms with E-state index in [1.54, 1.807) is 28.6 Å². The summed E-state index contributed by atoms with van der Waals surface area (Å²) < 4.78 is 0. The fourth-order valence-corrected chi connectivity index (χ4v) is 11.4. The van der Waals surface area contributed by atoms with Crippen molar-refractivity contribution < 1.29 is 0 Å². The topological polar surface area (TPSA) is 3.24 Å². The molecule has 174 valence electrons. The monoisotopic (exact) mass is 439 g/mol. The van der Waals surface area contributed by atoms with Crippen molar-refractivity contribution in [2.24, 2.45) is 41.4 Å². The highest BCUT2D eigenvalue weighted by atomic mass is 15.1. The zero-order chi connectivity index (χ0) is 21.9. The van der Waals surface area contributed by atoms with E-state index in [0.29, 0.717) is 5.41 Å². The molecule has 8 bridgehead atoms. The Kier molecular flexibility index (Phi) is 4.07. The molecule has 0 aliphatic heterocycles. The minimum Gasteiger partial charge on any atom is -0.377 e. The SMILES string of the molecule is CN(C)c1c(C23CC4CC(CC(C4)C2)C3)cc2ccccc2c1C1C2CC3CC(C2)CC1C3. The fraction of sp³-hybridized carbons (Fsp3) is 0.688. The van der Waals surface area contributed by atoms with Crippen molar-refractivity contribution in [3.05, 3.63) is 41.5 Å². The van der Waals surface area contributed by atoms with Crippen LogP contribution >= 0.6 is 0 Å². The van der Waals surface area contributed by atoms with Crippen molar-refractivity contribution in [1.29, 1.82) is 0 Å². The average molecular weight is 440 g/mol. The quantitative estimate of drug-likeness (QED) is 0.469. The predicted octanol–water partition coefficient (Wildman–Crippen LogP) is 7.91. The Morgan fingerprint density at radius 3 is 1.82 bits per heavy atom. The Bertz CT molecular complexity index is 1050. The summed E-state index contributed by atoms with van der Waals surface area (Å²) in [6.45, 7) is 0. The van der Waals surface area contributed by atoms with Gasteiger partial charge in [0, 0.05) is 19.8 Å². The minimum absolute atomic E-state index is 0.457. The molecule has 0 amide bonds. The van der Waals surface area contributed by atoms with Gasteiger partial charge in [0.1, 0.15) is 0 Å². The van der Waals surface area contributed by atoms with Gasteiger partial charge in [0.05, 0.1) is 0 Å². The Morgan fingerprint density at radius 1 is 0.697 bits per heavy atom. The predicted molar refractivity (Wildman–Crippen MR) is 138 cm³/mol. The van der Waals surface area contributed by atoms with Gasteiger partial charge < -0.3 is 4.90 Å². The lowest BCUT2D eigenvalue weighted by molar-refractivity contribution is -0.00638. The van der Waals surface area contributed by atoms with Crippen LogP contribution < -0.4 is 4.90 Å². The molecule has 0 atom stereocenters. The van der Waals surface area contributed by atoms with Crippen molar-refractivity contribution in [3.8, 4) is 0 Å². The van der Waals surface area contributed by atoms with Crippen LogP contribution in [0.1, 0.15) is 87.7 Å². The molecule has 8 aliphatic carbocycles. The van der Waals surface area contributed by atoms with Crippen LogP contribution in [-0.4, -0.2) is 14.1 Å². The van der Waals surface area contributed by atoms with Gasteiger partial charge in [0.15, 0.2) is 0 Å². The highest BCUT2D eigenvalue weighted by molar-refractivity contribution is 5.93. The van der Waals surface area contributed by atoms with Crippen LogP contribution in [-0.2, 0) is 5.41 Å². The molecule has 8 saturated carbocycles. The van der Waals surface area contributed by atoms with Gasteiger partial charge in [-0.05, 0) is 151 Å². The van der Waals surface area contributed by atoms with Crippen LogP contribution in [0.5, 0.6) is 0 Å². The number of fused-ring (bicyclic) bond motifs is 1. The molecule has 0 spiro atoms. The number of hydrogen-bond donors (Lipinski definition) is 0. The van der Waals surface area contributed by atoms with Crippen LogP contribution in [0.4, 0.5) is 5.69 Å². The van der Waals surface area contributed by atoms with Gasteiger partial charge in [-0.3, -0.25) is 0 Å². The molecule has 0 radical (unpaired) electrons. The molecular formula is C32H41N. The van der Waals surface area contributed by atoms with Crippen LogP contribution in [0, 0.1) is 41.4 Å². The van der Waals surface area contributed by atoms with E-state index in [-0.39, 0.29) is 0 Å². The number of hydrogen-bond acceptors (Lipinski definition) is 1. The lowest BCUT2D eigenvalue weighted by Gasteiger charge is -2.58. The van der Waals surface area contributed by atoms with Crippen LogP contribution in [0.3, 0.4) is 0 Å². The first-order chi connectivity index (χ1) is 16.1. The largest absolute Gasteiger partial charge is 0.377 e. The number of benzene rings is 2. The van der Waals surface area contributed by atoms with Gasteiger partial charge in [-0.15, -0.1) is 0 Å². The zero-order valence-corrected chi connectivity index (χ0v) is 20.7. The number of nitrogens with zero attached hydrogens (tertiary/aromatic N) is 1. The minimum atomic E-state index is 0.457. The summed E-state index contributed by atoms with van der Waals surface area (Å²) in [5.41, 5.74) is 5.69. The molecule has 2 aromatic rings. The first-order valence-corrected chi connectivity index (χ1v) is 14.3. The summed E-state index contributed by atoms with van der Waals surface area (Å²) in [5, 5.41) is 3.13. The third-order valence-corrected chi connectivity index (χ3v) is 11.7. The van der Waals surface area contributed by atoms with Crippen molar-refractivity contribution in [1.82, 2.24) is 0 Å². The average Bonchev–Trinajstić information content (AvgIpc) is 2.77. The second-order valence-electron chi connectivity index (χ2n) is 14.0. The van der Waals surface area contributed by atoms with E-state index in [2.05, 4.69) is 49.3 Å². The van der Waals surface area contributed by atoms with Crippen molar-refractivity contribution in [3.63, 3.8) is 0 Å². The molecule has 0 unspecified atom stereocenters. The van der Waals surface area contributed by atoms with E-state index in [1.165, 1.54) is 69.6 Å². The summed E-state index contributed by atoms with van der Waals surface area (Å²) >= 11 is 0. The van der Waals surface area contributed by atoms with Crippen LogP contribution in [0.25, 0.3) is 10.8 Å². The van der Waals surface area contributed by atoms with E-state index in [0.717, 1.165) is 47.3 Å². The first-order valence-electron chi connectivity index (χ1n) is 14.3. The molecule has 0 aromatic heterocycles. The normalized spacial score (nSPS) is 44.7.